The molecule has 0 saturated heterocycles. The summed E-state index contributed by atoms with van der Waals surface area (Å²) in [7, 11) is 0. The smallest absolute Gasteiger partial charge is 0.181 e. The van der Waals surface area contributed by atoms with Gasteiger partial charge in [-0.25, -0.2) is 4.98 Å². The van der Waals surface area contributed by atoms with Crippen LogP contribution in [0.25, 0.3) is 11.3 Å². The maximum absolute atomic E-state index is 5.44. The molecule has 2 nitrogen and oxygen atoms in total. The van der Waals surface area contributed by atoms with Crippen LogP contribution in [-0.4, -0.2) is 4.98 Å². The Hall–Kier alpha value is -1.57. The number of oxazole rings is 1. The van der Waals surface area contributed by atoms with Gasteiger partial charge in [0.25, 0.3) is 0 Å². The van der Waals surface area contributed by atoms with E-state index < -0.39 is 0 Å². The first-order chi connectivity index (χ1) is 7.42. The highest BCUT2D eigenvalue weighted by atomic mass is 16.3. The van der Waals surface area contributed by atoms with Gasteiger partial charge in [-0.2, -0.15) is 0 Å². The van der Waals surface area contributed by atoms with Gasteiger partial charge in [-0.05, 0) is 12.8 Å². The Morgan fingerprint density at radius 1 is 1.20 bits per heavy atom. The SMILES string of the molecule is CCCCc1ncoc1-c1ccccc1. The van der Waals surface area contributed by atoms with Crippen molar-refractivity contribution in [2.45, 2.75) is 26.2 Å². The summed E-state index contributed by atoms with van der Waals surface area (Å²) < 4.78 is 5.44. The molecule has 0 amide bonds. The molecule has 0 aliphatic carbocycles. The third-order valence-electron chi connectivity index (χ3n) is 2.44. The number of hydrogen-bond acceptors (Lipinski definition) is 2. The molecule has 0 aliphatic heterocycles. The lowest BCUT2D eigenvalue weighted by atomic mass is 10.1. The topological polar surface area (TPSA) is 26.0 Å². The molecule has 0 spiro atoms. The minimum Gasteiger partial charge on any atom is -0.443 e. The van der Waals surface area contributed by atoms with Crippen molar-refractivity contribution in [1.82, 2.24) is 4.98 Å². The molecule has 2 rings (SSSR count). The van der Waals surface area contributed by atoms with E-state index in [1.54, 1.807) is 0 Å². The highest BCUT2D eigenvalue weighted by Gasteiger charge is 2.09. The molecule has 1 aromatic heterocycles. The van der Waals surface area contributed by atoms with Gasteiger partial charge in [0.1, 0.15) is 0 Å². The van der Waals surface area contributed by atoms with Crippen LogP contribution < -0.4 is 0 Å². The van der Waals surface area contributed by atoms with Crippen LogP contribution in [0, 0.1) is 0 Å². The molecule has 15 heavy (non-hydrogen) atoms. The second-order valence-corrected chi connectivity index (χ2v) is 3.60. The average Bonchev–Trinajstić information content (AvgIpc) is 2.75. The van der Waals surface area contributed by atoms with Crippen LogP contribution >= 0.6 is 0 Å². The maximum Gasteiger partial charge on any atom is 0.181 e. The van der Waals surface area contributed by atoms with E-state index in [2.05, 4.69) is 24.0 Å². The van der Waals surface area contributed by atoms with Gasteiger partial charge in [-0.1, -0.05) is 43.7 Å². The van der Waals surface area contributed by atoms with Crippen molar-refractivity contribution in [3.8, 4) is 11.3 Å². The fraction of sp³-hybridized carbons (Fsp3) is 0.308. The molecule has 0 saturated carbocycles. The summed E-state index contributed by atoms with van der Waals surface area (Å²) in [6.45, 7) is 2.18. The molecule has 78 valence electrons. The van der Waals surface area contributed by atoms with Crippen LogP contribution in [0.1, 0.15) is 25.5 Å². The van der Waals surface area contributed by atoms with Gasteiger partial charge >= 0.3 is 0 Å². The molecule has 0 radical (unpaired) electrons. The Kier molecular flexibility index (Phi) is 3.18. The Balaban J connectivity index is 2.25. The first kappa shape index (κ1) is 9.97. The van der Waals surface area contributed by atoms with E-state index >= 15 is 0 Å². The lowest BCUT2D eigenvalue weighted by Gasteiger charge is -1.99. The van der Waals surface area contributed by atoms with Crippen molar-refractivity contribution >= 4 is 0 Å². The predicted molar refractivity (Wildman–Crippen MR) is 60.6 cm³/mol. The molecule has 0 unspecified atom stereocenters. The molecule has 0 N–H and O–H groups in total. The first-order valence-corrected chi connectivity index (χ1v) is 5.39. The summed E-state index contributed by atoms with van der Waals surface area (Å²) in [5.41, 5.74) is 2.18. The molecule has 1 aromatic carbocycles. The number of nitrogens with zero attached hydrogens (tertiary/aromatic N) is 1. The van der Waals surface area contributed by atoms with Crippen LogP contribution in [0.5, 0.6) is 0 Å². The minimum atomic E-state index is 0.920. The van der Waals surface area contributed by atoms with Crippen molar-refractivity contribution < 1.29 is 4.42 Å². The van der Waals surface area contributed by atoms with Gasteiger partial charge in [-0.15, -0.1) is 0 Å². The lowest BCUT2D eigenvalue weighted by molar-refractivity contribution is 0.570. The van der Waals surface area contributed by atoms with Crippen LogP contribution in [0.15, 0.2) is 41.1 Å². The quantitative estimate of drug-likeness (QED) is 0.754. The third kappa shape index (κ3) is 2.27. The zero-order chi connectivity index (χ0) is 10.5. The van der Waals surface area contributed by atoms with E-state index in [0.717, 1.165) is 29.9 Å². The normalized spacial score (nSPS) is 10.5. The number of benzene rings is 1. The summed E-state index contributed by atoms with van der Waals surface area (Å²) in [5.74, 6) is 0.920. The van der Waals surface area contributed by atoms with Crippen LogP contribution in [0.3, 0.4) is 0 Å². The molecule has 2 aromatic rings. The number of aromatic nitrogens is 1. The van der Waals surface area contributed by atoms with E-state index in [1.807, 2.05) is 18.2 Å². The minimum absolute atomic E-state index is 0.920. The largest absolute Gasteiger partial charge is 0.443 e. The van der Waals surface area contributed by atoms with Crippen LogP contribution in [0.4, 0.5) is 0 Å². The molecular weight excluding hydrogens is 186 g/mol. The zero-order valence-electron chi connectivity index (χ0n) is 8.94. The zero-order valence-corrected chi connectivity index (χ0v) is 8.94. The fourth-order valence-corrected chi connectivity index (χ4v) is 1.62. The van der Waals surface area contributed by atoms with E-state index in [9.17, 15) is 0 Å². The summed E-state index contributed by atoms with van der Waals surface area (Å²) in [6, 6.07) is 10.1. The molecule has 0 aliphatic rings. The van der Waals surface area contributed by atoms with E-state index in [-0.39, 0.29) is 0 Å². The summed E-state index contributed by atoms with van der Waals surface area (Å²) in [6.07, 6.45) is 4.87. The Labute approximate surface area is 90.0 Å². The highest BCUT2D eigenvalue weighted by Crippen LogP contribution is 2.23. The van der Waals surface area contributed by atoms with Gasteiger partial charge in [0.2, 0.25) is 0 Å². The number of aryl methyl sites for hydroxylation is 1. The lowest BCUT2D eigenvalue weighted by Crippen LogP contribution is -1.87. The highest BCUT2D eigenvalue weighted by molar-refractivity contribution is 5.59. The van der Waals surface area contributed by atoms with Crippen LogP contribution in [-0.2, 0) is 6.42 Å². The van der Waals surface area contributed by atoms with Gasteiger partial charge in [0, 0.05) is 5.56 Å². The number of hydrogen-bond donors (Lipinski definition) is 0. The van der Waals surface area contributed by atoms with E-state index in [1.165, 1.54) is 12.8 Å². The number of unbranched alkanes of at least 4 members (excludes halogenated alkanes) is 1. The van der Waals surface area contributed by atoms with Gasteiger partial charge in [0.15, 0.2) is 12.2 Å². The molecule has 0 fully saturated rings. The molecule has 0 bridgehead atoms. The summed E-state index contributed by atoms with van der Waals surface area (Å²) >= 11 is 0. The molecular formula is C13H15NO. The van der Waals surface area contributed by atoms with Crippen molar-refractivity contribution in [3.05, 3.63) is 42.4 Å². The second-order valence-electron chi connectivity index (χ2n) is 3.60. The maximum atomic E-state index is 5.44. The van der Waals surface area contributed by atoms with Crippen molar-refractivity contribution in [3.63, 3.8) is 0 Å². The predicted octanol–water partition coefficient (Wildman–Crippen LogP) is 3.68. The Bertz CT molecular complexity index is 405. The van der Waals surface area contributed by atoms with Crippen molar-refractivity contribution in [2.75, 3.05) is 0 Å². The van der Waals surface area contributed by atoms with E-state index in [4.69, 9.17) is 4.42 Å². The number of rotatable bonds is 4. The Morgan fingerprint density at radius 3 is 2.73 bits per heavy atom. The third-order valence-corrected chi connectivity index (χ3v) is 2.44. The van der Waals surface area contributed by atoms with Gasteiger partial charge < -0.3 is 4.42 Å². The van der Waals surface area contributed by atoms with Crippen molar-refractivity contribution in [2.24, 2.45) is 0 Å². The summed E-state index contributed by atoms with van der Waals surface area (Å²) in [5, 5.41) is 0. The summed E-state index contributed by atoms with van der Waals surface area (Å²) in [4.78, 5) is 4.26. The van der Waals surface area contributed by atoms with Gasteiger partial charge in [0.05, 0.1) is 5.69 Å². The van der Waals surface area contributed by atoms with Crippen molar-refractivity contribution in [1.29, 1.82) is 0 Å². The Morgan fingerprint density at radius 2 is 2.00 bits per heavy atom. The van der Waals surface area contributed by atoms with Gasteiger partial charge in [-0.3, -0.25) is 0 Å². The first-order valence-electron chi connectivity index (χ1n) is 5.39. The standard InChI is InChI=1S/C13H15NO/c1-2-3-9-12-13(15-10-14-12)11-7-5-4-6-8-11/h4-8,10H,2-3,9H2,1H3. The van der Waals surface area contributed by atoms with E-state index in [0.29, 0.717) is 0 Å². The second kappa shape index (κ2) is 4.78. The molecule has 0 atom stereocenters. The van der Waals surface area contributed by atoms with Crippen LogP contribution in [0.2, 0.25) is 0 Å². The monoisotopic (exact) mass is 201 g/mol. The molecule has 2 heteroatoms. The molecule has 1 heterocycles. The average molecular weight is 201 g/mol. The fourth-order valence-electron chi connectivity index (χ4n) is 1.62.